The predicted octanol–water partition coefficient (Wildman–Crippen LogP) is 2.35. The van der Waals surface area contributed by atoms with Gasteiger partial charge in [0.05, 0.1) is 5.02 Å². The van der Waals surface area contributed by atoms with Gasteiger partial charge < -0.3 is 4.74 Å². The second-order valence-corrected chi connectivity index (χ2v) is 3.42. The molecule has 17 heavy (non-hydrogen) atoms. The van der Waals surface area contributed by atoms with Crippen molar-refractivity contribution in [3.63, 3.8) is 0 Å². The molecule has 0 spiro atoms. The number of nitrogen functional groups attached to an aromatic ring is 1. The Morgan fingerprint density at radius 2 is 2.18 bits per heavy atom. The van der Waals surface area contributed by atoms with E-state index in [0.717, 1.165) is 0 Å². The Balaban J connectivity index is 2.28. The number of nitrogens with two attached hydrogens (primary N) is 1. The van der Waals surface area contributed by atoms with Crippen LogP contribution in [-0.2, 0) is 0 Å². The molecule has 1 heterocycles. The van der Waals surface area contributed by atoms with E-state index >= 15 is 0 Å². The fourth-order valence-electron chi connectivity index (χ4n) is 1.14. The number of ether oxygens (including phenoxy) is 1. The number of benzene rings is 1. The van der Waals surface area contributed by atoms with Crippen LogP contribution in [0.5, 0.6) is 11.6 Å². The second-order valence-electron chi connectivity index (χ2n) is 3.02. The van der Waals surface area contributed by atoms with Crippen molar-refractivity contribution >= 4 is 17.5 Å². The molecule has 0 amide bonds. The SMILES string of the molecule is NNc1nccc(Oc2cccc(Cl)c2F)n1. The van der Waals surface area contributed by atoms with Crippen LogP contribution in [0.15, 0.2) is 30.5 Å². The van der Waals surface area contributed by atoms with Crippen LogP contribution in [0, 0.1) is 5.82 Å². The van der Waals surface area contributed by atoms with Crippen LogP contribution in [0.4, 0.5) is 10.3 Å². The highest BCUT2D eigenvalue weighted by atomic mass is 35.5. The first-order valence-corrected chi connectivity index (χ1v) is 5.00. The van der Waals surface area contributed by atoms with E-state index < -0.39 is 5.82 Å². The summed E-state index contributed by atoms with van der Waals surface area (Å²) in [5, 5.41) is -0.0197. The Morgan fingerprint density at radius 3 is 2.94 bits per heavy atom. The van der Waals surface area contributed by atoms with Gasteiger partial charge >= 0.3 is 0 Å². The first kappa shape index (κ1) is 11.6. The lowest BCUT2D eigenvalue weighted by atomic mass is 10.3. The Labute approximate surface area is 101 Å². The molecule has 0 aliphatic rings. The third-order valence-electron chi connectivity index (χ3n) is 1.89. The van der Waals surface area contributed by atoms with Crippen molar-refractivity contribution in [3.05, 3.63) is 41.3 Å². The summed E-state index contributed by atoms with van der Waals surface area (Å²) in [7, 11) is 0. The largest absolute Gasteiger partial charge is 0.436 e. The van der Waals surface area contributed by atoms with Crippen molar-refractivity contribution in [1.29, 1.82) is 0 Å². The van der Waals surface area contributed by atoms with E-state index in [4.69, 9.17) is 22.2 Å². The quantitative estimate of drug-likeness (QED) is 0.650. The summed E-state index contributed by atoms with van der Waals surface area (Å²) < 4.78 is 18.8. The van der Waals surface area contributed by atoms with Gasteiger partial charge in [-0.05, 0) is 12.1 Å². The van der Waals surface area contributed by atoms with Gasteiger partial charge in [-0.1, -0.05) is 17.7 Å². The molecular formula is C10H8ClFN4O. The molecule has 7 heteroatoms. The fourth-order valence-corrected chi connectivity index (χ4v) is 1.31. The number of hydrazine groups is 1. The van der Waals surface area contributed by atoms with Crippen molar-refractivity contribution in [1.82, 2.24) is 9.97 Å². The van der Waals surface area contributed by atoms with Gasteiger partial charge in [-0.2, -0.15) is 4.98 Å². The predicted molar refractivity (Wildman–Crippen MR) is 61.3 cm³/mol. The van der Waals surface area contributed by atoms with Gasteiger partial charge in [0.1, 0.15) is 0 Å². The molecule has 1 aromatic carbocycles. The zero-order valence-corrected chi connectivity index (χ0v) is 9.28. The Morgan fingerprint density at radius 1 is 1.35 bits per heavy atom. The molecular weight excluding hydrogens is 247 g/mol. The van der Waals surface area contributed by atoms with E-state index in [2.05, 4.69) is 15.4 Å². The van der Waals surface area contributed by atoms with Crippen LogP contribution in [0.2, 0.25) is 5.02 Å². The van der Waals surface area contributed by atoms with Crippen LogP contribution in [0.3, 0.4) is 0 Å². The molecule has 0 saturated heterocycles. The van der Waals surface area contributed by atoms with Gasteiger partial charge in [0.25, 0.3) is 0 Å². The molecule has 5 nitrogen and oxygen atoms in total. The van der Waals surface area contributed by atoms with Crippen molar-refractivity contribution in [2.75, 3.05) is 5.43 Å². The lowest BCUT2D eigenvalue weighted by Crippen LogP contribution is -2.10. The monoisotopic (exact) mass is 254 g/mol. The van der Waals surface area contributed by atoms with Gasteiger partial charge in [-0.15, -0.1) is 0 Å². The van der Waals surface area contributed by atoms with Crippen LogP contribution >= 0.6 is 11.6 Å². The Kier molecular flexibility index (Phi) is 3.36. The number of halogens is 2. The first-order chi connectivity index (χ1) is 8.20. The number of hydrogen-bond donors (Lipinski definition) is 2. The van der Waals surface area contributed by atoms with Crippen molar-refractivity contribution < 1.29 is 9.13 Å². The summed E-state index contributed by atoms with van der Waals surface area (Å²) >= 11 is 5.62. The van der Waals surface area contributed by atoms with Gasteiger partial charge in [-0.3, -0.25) is 5.43 Å². The molecule has 2 aromatic rings. The number of hydrogen-bond acceptors (Lipinski definition) is 5. The standard InChI is InChI=1S/C10H8ClFN4O/c11-6-2-1-3-7(9(6)12)17-8-4-5-14-10(15-8)16-13/h1-5H,13H2,(H,14,15,16). The molecule has 1 aromatic heterocycles. The first-order valence-electron chi connectivity index (χ1n) is 4.62. The van der Waals surface area contributed by atoms with Crippen molar-refractivity contribution in [2.24, 2.45) is 5.84 Å². The van der Waals surface area contributed by atoms with Gasteiger partial charge in [0, 0.05) is 12.3 Å². The Bertz CT molecular complexity index is 537. The maximum Gasteiger partial charge on any atom is 0.240 e. The van der Waals surface area contributed by atoms with Crippen molar-refractivity contribution in [3.8, 4) is 11.6 Å². The molecule has 0 aliphatic heterocycles. The molecule has 0 radical (unpaired) electrons. The lowest BCUT2D eigenvalue weighted by Gasteiger charge is -2.07. The molecule has 0 aliphatic carbocycles. The van der Waals surface area contributed by atoms with Gasteiger partial charge in [-0.25, -0.2) is 15.2 Å². The zero-order chi connectivity index (χ0) is 12.3. The zero-order valence-electron chi connectivity index (χ0n) is 8.52. The van der Waals surface area contributed by atoms with E-state index in [9.17, 15) is 4.39 Å². The summed E-state index contributed by atoms with van der Waals surface area (Å²) in [5.41, 5.74) is 2.26. The van der Waals surface area contributed by atoms with E-state index in [1.165, 1.54) is 24.4 Å². The molecule has 2 rings (SSSR count). The fraction of sp³-hybridized carbons (Fsp3) is 0. The topological polar surface area (TPSA) is 73.1 Å². The maximum absolute atomic E-state index is 13.5. The number of rotatable bonds is 3. The van der Waals surface area contributed by atoms with E-state index in [1.807, 2.05) is 0 Å². The third-order valence-corrected chi connectivity index (χ3v) is 2.18. The molecule has 0 saturated carbocycles. The highest BCUT2D eigenvalue weighted by Gasteiger charge is 2.09. The minimum absolute atomic E-state index is 0.0147. The molecule has 88 valence electrons. The smallest absolute Gasteiger partial charge is 0.240 e. The van der Waals surface area contributed by atoms with Crippen LogP contribution in [0.1, 0.15) is 0 Å². The van der Waals surface area contributed by atoms with E-state index in [0.29, 0.717) is 0 Å². The Hall–Kier alpha value is -1.92. The summed E-state index contributed by atoms with van der Waals surface area (Å²) in [4.78, 5) is 7.67. The minimum atomic E-state index is -0.643. The normalized spacial score (nSPS) is 10.1. The average Bonchev–Trinajstić information content (AvgIpc) is 2.35. The summed E-state index contributed by atoms with van der Waals surface area (Å²) in [6, 6.07) is 5.92. The second kappa shape index (κ2) is 4.94. The van der Waals surface area contributed by atoms with Crippen LogP contribution in [-0.4, -0.2) is 9.97 Å². The number of aromatic nitrogens is 2. The maximum atomic E-state index is 13.5. The van der Waals surface area contributed by atoms with Crippen LogP contribution in [0.25, 0.3) is 0 Å². The molecule has 0 bridgehead atoms. The van der Waals surface area contributed by atoms with Crippen molar-refractivity contribution in [2.45, 2.75) is 0 Å². The molecule has 0 fully saturated rings. The average molecular weight is 255 g/mol. The summed E-state index contributed by atoms with van der Waals surface area (Å²) in [5.74, 6) is 4.81. The molecule has 3 N–H and O–H groups in total. The number of anilines is 1. The summed E-state index contributed by atoms with van der Waals surface area (Å²) in [6.45, 7) is 0. The number of nitrogens with zero attached hydrogens (tertiary/aromatic N) is 2. The highest BCUT2D eigenvalue weighted by molar-refractivity contribution is 6.30. The van der Waals surface area contributed by atoms with Crippen LogP contribution < -0.4 is 16.0 Å². The minimum Gasteiger partial charge on any atom is -0.436 e. The van der Waals surface area contributed by atoms with Gasteiger partial charge in [0.2, 0.25) is 11.8 Å². The van der Waals surface area contributed by atoms with E-state index in [-0.39, 0.29) is 22.6 Å². The molecule has 0 unspecified atom stereocenters. The number of nitrogens with one attached hydrogen (secondary N) is 1. The van der Waals surface area contributed by atoms with E-state index in [1.54, 1.807) is 6.07 Å². The lowest BCUT2D eigenvalue weighted by molar-refractivity contribution is 0.427. The third kappa shape index (κ3) is 2.61. The van der Waals surface area contributed by atoms with Gasteiger partial charge in [0.15, 0.2) is 11.6 Å². The highest BCUT2D eigenvalue weighted by Crippen LogP contribution is 2.27. The molecule has 0 atom stereocenters. The summed E-state index contributed by atoms with van der Waals surface area (Å²) in [6.07, 6.45) is 1.43.